The maximum atomic E-state index is 14.2. The molecule has 0 saturated carbocycles. The Bertz CT molecular complexity index is 1310. The van der Waals surface area contributed by atoms with Crippen molar-refractivity contribution in [1.82, 2.24) is 9.29 Å². The summed E-state index contributed by atoms with van der Waals surface area (Å²) in [5.41, 5.74) is 1.35. The molecule has 0 spiro atoms. The Morgan fingerprint density at radius 2 is 1.91 bits per heavy atom. The van der Waals surface area contributed by atoms with Crippen molar-refractivity contribution in [2.45, 2.75) is 18.7 Å². The lowest BCUT2D eigenvalue weighted by atomic mass is 10.2. The van der Waals surface area contributed by atoms with Gasteiger partial charge in [0.2, 0.25) is 10.0 Å². The number of aromatic nitrogens is 1. The Morgan fingerprint density at radius 1 is 1.18 bits per heavy atom. The molecule has 3 aromatic rings. The molecular weight excluding hydrogens is 549 g/mol. The molecule has 8 nitrogen and oxygen atoms in total. The highest BCUT2D eigenvalue weighted by Gasteiger charge is 2.27. The smallest absolute Gasteiger partial charge is 0.338 e. The second kappa shape index (κ2) is 11.2. The molecule has 0 saturated heterocycles. The Labute approximate surface area is 209 Å². The van der Waals surface area contributed by atoms with E-state index >= 15 is 0 Å². The van der Waals surface area contributed by atoms with Gasteiger partial charge in [0.05, 0.1) is 11.3 Å². The SMILES string of the molecule is CCN(CC)S(=O)(=O)c1cc(C(=O)OCC(=O)Nc2nc(-c3cccc(Br)c3)cs2)ccc1F. The fourth-order valence-corrected chi connectivity index (χ4v) is 5.70. The standard InChI is InChI=1S/C22H21BrFN3O5S2/c1-3-27(4-2)34(30,31)19-11-15(8-9-17(19)24)21(29)32-12-20(28)26-22-25-18(13-33-22)14-6-5-7-16(23)10-14/h5-11,13H,3-4,12H2,1-2H3,(H,25,26,28). The molecule has 12 heteroatoms. The number of amides is 1. The molecule has 2 aromatic carbocycles. The summed E-state index contributed by atoms with van der Waals surface area (Å²) in [5, 5.41) is 4.65. The van der Waals surface area contributed by atoms with Gasteiger partial charge in [-0.05, 0) is 30.3 Å². The number of nitrogens with one attached hydrogen (secondary N) is 1. The number of rotatable bonds is 9. The van der Waals surface area contributed by atoms with E-state index < -0.39 is 39.2 Å². The van der Waals surface area contributed by atoms with Gasteiger partial charge in [0.15, 0.2) is 11.7 Å². The summed E-state index contributed by atoms with van der Waals surface area (Å²) in [5.74, 6) is -2.56. The van der Waals surface area contributed by atoms with Gasteiger partial charge < -0.3 is 4.74 Å². The number of thiazole rings is 1. The number of anilines is 1. The number of hydrogen-bond acceptors (Lipinski definition) is 7. The van der Waals surface area contributed by atoms with Crippen LogP contribution in [0.5, 0.6) is 0 Å². The molecule has 0 bridgehead atoms. The van der Waals surface area contributed by atoms with Crippen LogP contribution in [0.15, 0.2) is 57.2 Å². The normalized spacial score (nSPS) is 11.4. The molecule has 1 aromatic heterocycles. The predicted octanol–water partition coefficient (Wildman–Crippen LogP) is 4.54. The summed E-state index contributed by atoms with van der Waals surface area (Å²) in [7, 11) is -4.12. The van der Waals surface area contributed by atoms with Gasteiger partial charge in [0, 0.05) is 28.5 Å². The molecular formula is C22H21BrFN3O5S2. The topological polar surface area (TPSA) is 106 Å². The average molecular weight is 570 g/mol. The van der Waals surface area contributed by atoms with Crippen molar-refractivity contribution >= 4 is 54.3 Å². The summed E-state index contributed by atoms with van der Waals surface area (Å²) in [4.78, 5) is 28.3. The highest BCUT2D eigenvalue weighted by molar-refractivity contribution is 9.10. The highest BCUT2D eigenvalue weighted by Crippen LogP contribution is 2.27. The summed E-state index contributed by atoms with van der Waals surface area (Å²) < 4.78 is 46.5. The van der Waals surface area contributed by atoms with Crippen molar-refractivity contribution in [3.8, 4) is 11.3 Å². The second-order valence-corrected chi connectivity index (χ2v) is 10.6. The molecule has 0 radical (unpaired) electrons. The Balaban J connectivity index is 1.64. The van der Waals surface area contributed by atoms with Gasteiger partial charge in [-0.3, -0.25) is 10.1 Å². The van der Waals surface area contributed by atoms with E-state index in [1.54, 1.807) is 19.2 Å². The number of carbonyl (C=O) groups excluding carboxylic acids is 2. The molecule has 0 atom stereocenters. The summed E-state index contributed by atoms with van der Waals surface area (Å²) in [6, 6.07) is 10.4. The van der Waals surface area contributed by atoms with Crippen LogP contribution in [0.3, 0.4) is 0 Å². The second-order valence-electron chi connectivity index (χ2n) is 6.91. The third-order valence-corrected chi connectivity index (χ3v) is 8.01. The van der Waals surface area contributed by atoms with E-state index in [9.17, 15) is 22.4 Å². The Kier molecular flexibility index (Phi) is 8.52. The van der Waals surface area contributed by atoms with E-state index in [2.05, 4.69) is 26.2 Å². The minimum Gasteiger partial charge on any atom is -0.452 e. The largest absolute Gasteiger partial charge is 0.452 e. The number of ether oxygens (including phenoxy) is 1. The zero-order valence-electron chi connectivity index (χ0n) is 18.2. The Hall–Kier alpha value is -2.67. The summed E-state index contributed by atoms with van der Waals surface area (Å²) >= 11 is 4.60. The van der Waals surface area contributed by atoms with Gasteiger partial charge in [-0.2, -0.15) is 4.31 Å². The van der Waals surface area contributed by atoms with Crippen molar-refractivity contribution in [3.05, 3.63) is 63.7 Å². The maximum absolute atomic E-state index is 14.2. The van der Waals surface area contributed by atoms with Crippen molar-refractivity contribution in [3.63, 3.8) is 0 Å². The lowest BCUT2D eigenvalue weighted by Crippen LogP contribution is -2.31. The van der Waals surface area contributed by atoms with Crippen LogP contribution in [0, 0.1) is 5.82 Å². The minimum atomic E-state index is -4.12. The van der Waals surface area contributed by atoms with Crippen LogP contribution < -0.4 is 5.32 Å². The lowest BCUT2D eigenvalue weighted by Gasteiger charge is -2.19. The number of nitrogens with zero attached hydrogens (tertiary/aromatic N) is 2. The van der Waals surface area contributed by atoms with E-state index in [4.69, 9.17) is 4.74 Å². The quantitative estimate of drug-likeness (QED) is 0.379. The van der Waals surface area contributed by atoms with Crippen LogP contribution in [0.1, 0.15) is 24.2 Å². The molecule has 1 heterocycles. The maximum Gasteiger partial charge on any atom is 0.338 e. The predicted molar refractivity (Wildman–Crippen MR) is 131 cm³/mol. The molecule has 0 aliphatic rings. The Morgan fingerprint density at radius 3 is 2.59 bits per heavy atom. The highest BCUT2D eigenvalue weighted by atomic mass is 79.9. The monoisotopic (exact) mass is 569 g/mol. The third kappa shape index (κ3) is 6.06. The molecule has 34 heavy (non-hydrogen) atoms. The van der Waals surface area contributed by atoms with E-state index in [0.717, 1.165) is 32.5 Å². The van der Waals surface area contributed by atoms with Crippen molar-refractivity contribution < 1.29 is 27.1 Å². The van der Waals surface area contributed by atoms with E-state index in [1.165, 1.54) is 11.3 Å². The van der Waals surface area contributed by atoms with Gasteiger partial charge in [0.1, 0.15) is 10.7 Å². The number of carbonyl (C=O) groups is 2. The van der Waals surface area contributed by atoms with Crippen molar-refractivity contribution in [1.29, 1.82) is 0 Å². The number of halogens is 2. The summed E-state index contributed by atoms with van der Waals surface area (Å²) in [6.45, 7) is 2.92. The fourth-order valence-electron chi connectivity index (χ4n) is 3.01. The van der Waals surface area contributed by atoms with Crippen LogP contribution in [0.4, 0.5) is 9.52 Å². The summed E-state index contributed by atoms with van der Waals surface area (Å²) in [6.07, 6.45) is 0. The van der Waals surface area contributed by atoms with Gasteiger partial charge in [-0.1, -0.05) is 41.9 Å². The molecule has 0 fully saturated rings. The van der Waals surface area contributed by atoms with Crippen LogP contribution in [-0.4, -0.2) is 49.3 Å². The van der Waals surface area contributed by atoms with E-state index in [-0.39, 0.29) is 18.7 Å². The van der Waals surface area contributed by atoms with Gasteiger partial charge in [-0.25, -0.2) is 22.6 Å². The first-order valence-corrected chi connectivity index (χ1v) is 13.2. The van der Waals surface area contributed by atoms with Crippen molar-refractivity contribution in [2.75, 3.05) is 25.0 Å². The molecule has 1 N–H and O–H groups in total. The molecule has 0 aliphatic carbocycles. The third-order valence-electron chi connectivity index (χ3n) is 4.70. The molecule has 0 aliphatic heterocycles. The minimum absolute atomic E-state index is 0.146. The van der Waals surface area contributed by atoms with Crippen molar-refractivity contribution in [2.24, 2.45) is 0 Å². The first-order chi connectivity index (χ1) is 16.1. The molecule has 1 amide bonds. The van der Waals surface area contributed by atoms with Crippen LogP contribution >= 0.6 is 27.3 Å². The van der Waals surface area contributed by atoms with Gasteiger partial charge in [0.25, 0.3) is 5.91 Å². The number of sulfonamides is 1. The first kappa shape index (κ1) is 25.9. The van der Waals surface area contributed by atoms with E-state index in [1.807, 2.05) is 24.3 Å². The number of esters is 1. The van der Waals surface area contributed by atoms with Gasteiger partial charge in [-0.15, -0.1) is 11.3 Å². The molecule has 0 unspecified atom stereocenters. The molecule has 180 valence electrons. The zero-order valence-corrected chi connectivity index (χ0v) is 21.5. The van der Waals surface area contributed by atoms with Crippen LogP contribution in [0.2, 0.25) is 0 Å². The van der Waals surface area contributed by atoms with Crippen LogP contribution in [-0.2, 0) is 19.6 Å². The van der Waals surface area contributed by atoms with Crippen LogP contribution in [0.25, 0.3) is 11.3 Å². The fraction of sp³-hybridized carbons (Fsp3) is 0.227. The lowest BCUT2D eigenvalue weighted by molar-refractivity contribution is -0.119. The number of hydrogen-bond donors (Lipinski definition) is 1. The average Bonchev–Trinajstić information content (AvgIpc) is 3.26. The molecule has 3 rings (SSSR count). The van der Waals surface area contributed by atoms with Gasteiger partial charge >= 0.3 is 5.97 Å². The zero-order chi connectivity index (χ0) is 24.9. The van der Waals surface area contributed by atoms with E-state index in [0.29, 0.717) is 10.8 Å². The number of benzene rings is 2. The first-order valence-electron chi connectivity index (χ1n) is 10.1.